The van der Waals surface area contributed by atoms with Gasteiger partial charge in [-0.1, -0.05) is 18.2 Å². The minimum atomic E-state index is -5.08. The largest absolute Gasteiger partial charge is 0.490 e. The smallest absolute Gasteiger partial charge is 0.475 e. The maximum atomic E-state index is 13.4. The van der Waals surface area contributed by atoms with E-state index in [-0.39, 0.29) is 24.2 Å². The van der Waals surface area contributed by atoms with Crippen molar-refractivity contribution in [1.82, 2.24) is 14.8 Å². The number of rotatable bonds is 5. The molecule has 3 rings (SSSR count). The zero-order valence-corrected chi connectivity index (χ0v) is 20.7. The number of carboxylic acids is 2. The van der Waals surface area contributed by atoms with E-state index in [1.54, 1.807) is 18.3 Å². The van der Waals surface area contributed by atoms with Gasteiger partial charge in [0.1, 0.15) is 5.82 Å². The molecule has 8 nitrogen and oxygen atoms in total. The summed E-state index contributed by atoms with van der Waals surface area (Å²) in [5, 5.41) is 14.2. The monoisotopic (exact) mass is 569 g/mol. The Hall–Kier alpha value is -3.75. The van der Waals surface area contributed by atoms with Crippen LogP contribution in [0, 0.1) is 5.82 Å². The molecule has 0 aliphatic carbocycles. The number of pyridine rings is 1. The van der Waals surface area contributed by atoms with Crippen LogP contribution in [0.2, 0.25) is 0 Å². The van der Waals surface area contributed by atoms with Crippen molar-refractivity contribution in [2.45, 2.75) is 43.7 Å². The van der Waals surface area contributed by atoms with Gasteiger partial charge in [0.2, 0.25) is 5.91 Å². The van der Waals surface area contributed by atoms with Crippen molar-refractivity contribution in [2.75, 3.05) is 20.6 Å². The van der Waals surface area contributed by atoms with E-state index in [1.165, 1.54) is 12.1 Å². The lowest BCUT2D eigenvalue weighted by molar-refractivity contribution is -0.193. The number of alkyl halides is 6. The van der Waals surface area contributed by atoms with E-state index in [4.69, 9.17) is 19.8 Å². The molecule has 1 aromatic heterocycles. The third kappa shape index (κ3) is 11.7. The number of likely N-dealkylation sites (tertiary alicyclic amines) is 1. The minimum absolute atomic E-state index is 0.0591. The number of carbonyl (C=O) groups is 3. The van der Waals surface area contributed by atoms with E-state index >= 15 is 0 Å². The minimum Gasteiger partial charge on any atom is -0.475 e. The van der Waals surface area contributed by atoms with Gasteiger partial charge >= 0.3 is 24.3 Å². The van der Waals surface area contributed by atoms with E-state index < -0.39 is 24.3 Å². The van der Waals surface area contributed by atoms with Gasteiger partial charge in [-0.2, -0.15) is 26.3 Å². The first-order valence-electron chi connectivity index (χ1n) is 11.1. The van der Waals surface area contributed by atoms with E-state index in [1.807, 2.05) is 23.2 Å². The summed E-state index contributed by atoms with van der Waals surface area (Å²) in [6, 6.07) is 10.7. The van der Waals surface area contributed by atoms with Crippen molar-refractivity contribution in [3.63, 3.8) is 0 Å². The highest BCUT2D eigenvalue weighted by atomic mass is 19.4. The number of amides is 1. The summed E-state index contributed by atoms with van der Waals surface area (Å²) in [6.07, 6.45) is -4.57. The maximum absolute atomic E-state index is 13.4. The Kier molecular flexibility index (Phi) is 12.3. The van der Waals surface area contributed by atoms with E-state index in [2.05, 4.69) is 24.0 Å². The van der Waals surface area contributed by atoms with Gasteiger partial charge < -0.3 is 20.0 Å². The number of carboxylic acid groups (broad SMARTS) is 2. The van der Waals surface area contributed by atoms with Crippen molar-refractivity contribution in [3.8, 4) is 0 Å². The molecule has 0 radical (unpaired) electrons. The number of carbonyl (C=O) groups excluding carboxylic acids is 1. The normalized spacial score (nSPS) is 17.0. The topological polar surface area (TPSA) is 111 Å². The van der Waals surface area contributed by atoms with Crippen LogP contribution >= 0.6 is 0 Å². The van der Waals surface area contributed by atoms with Crippen LogP contribution in [0.3, 0.4) is 0 Å². The molecule has 0 bridgehead atoms. The second-order valence-corrected chi connectivity index (χ2v) is 8.45. The molecule has 216 valence electrons. The quantitative estimate of drug-likeness (QED) is 0.527. The number of likely N-dealkylation sites (N-methyl/N-ethyl adjacent to an activating group) is 1. The van der Waals surface area contributed by atoms with Crippen molar-refractivity contribution in [1.29, 1.82) is 0 Å². The van der Waals surface area contributed by atoms with Gasteiger partial charge in [0.15, 0.2) is 0 Å². The Labute approximate surface area is 218 Å². The third-order valence-electron chi connectivity index (χ3n) is 5.39. The van der Waals surface area contributed by atoms with Gasteiger partial charge in [-0.25, -0.2) is 14.0 Å². The highest BCUT2D eigenvalue weighted by Crippen LogP contribution is 2.26. The fourth-order valence-corrected chi connectivity index (χ4v) is 3.68. The Morgan fingerprint density at radius 2 is 1.51 bits per heavy atom. The molecule has 15 heteroatoms. The first-order chi connectivity index (χ1) is 17.9. The van der Waals surface area contributed by atoms with Crippen LogP contribution in [0.25, 0.3) is 0 Å². The zero-order valence-electron chi connectivity index (χ0n) is 20.7. The predicted molar refractivity (Wildman–Crippen MR) is 123 cm³/mol. The molecule has 2 N–H and O–H groups in total. The van der Waals surface area contributed by atoms with Crippen LogP contribution in [0.1, 0.15) is 17.5 Å². The van der Waals surface area contributed by atoms with Crippen molar-refractivity contribution in [2.24, 2.45) is 0 Å². The first-order valence-corrected chi connectivity index (χ1v) is 11.1. The first kappa shape index (κ1) is 33.3. The van der Waals surface area contributed by atoms with E-state index in [0.717, 1.165) is 30.5 Å². The molecule has 1 saturated heterocycles. The van der Waals surface area contributed by atoms with E-state index in [0.29, 0.717) is 6.04 Å². The summed E-state index contributed by atoms with van der Waals surface area (Å²) in [7, 11) is 4.11. The average molecular weight is 569 g/mol. The molecular formula is C24H26F7N3O5. The molecule has 1 amide bonds. The van der Waals surface area contributed by atoms with Crippen molar-refractivity contribution >= 4 is 17.8 Å². The summed E-state index contributed by atoms with van der Waals surface area (Å²) >= 11 is 0. The lowest BCUT2D eigenvalue weighted by Crippen LogP contribution is -2.46. The fourth-order valence-electron chi connectivity index (χ4n) is 3.68. The molecule has 39 heavy (non-hydrogen) atoms. The van der Waals surface area contributed by atoms with E-state index in [9.17, 15) is 35.5 Å². The van der Waals surface area contributed by atoms with Crippen molar-refractivity contribution in [3.05, 3.63) is 65.7 Å². The van der Waals surface area contributed by atoms with Gasteiger partial charge in [-0.05, 0) is 56.3 Å². The molecule has 2 heterocycles. The summed E-state index contributed by atoms with van der Waals surface area (Å²) in [6.45, 7) is 0.738. The van der Waals surface area contributed by atoms with Crippen LogP contribution < -0.4 is 0 Å². The van der Waals surface area contributed by atoms with Crippen molar-refractivity contribution < 1.29 is 55.3 Å². The standard InChI is InChI=1S/C20H24FN3O.2C2HF3O2/c1-23(2)18-8-10-24(19(18)12-16-6-4-9-22-14-16)20(25)13-15-5-3-7-17(21)11-15;2*3-2(4,5)1(6)7/h3-7,9,11,14,18-19H,8,10,12-13H2,1-2H3;2*(H,6,7)/t18-,19+;;/m1../s1. The molecule has 2 aromatic rings. The predicted octanol–water partition coefficient (Wildman–Crippen LogP) is 3.80. The Morgan fingerprint density at radius 3 is 1.95 bits per heavy atom. The molecule has 1 aliphatic rings. The molecule has 1 aliphatic heterocycles. The molecule has 2 atom stereocenters. The lowest BCUT2D eigenvalue weighted by atomic mass is 10.00. The zero-order chi connectivity index (χ0) is 30.0. The van der Waals surface area contributed by atoms with Gasteiger partial charge in [0.25, 0.3) is 0 Å². The molecule has 0 saturated carbocycles. The Morgan fingerprint density at radius 1 is 0.974 bits per heavy atom. The average Bonchev–Trinajstić information content (AvgIpc) is 3.23. The molecule has 0 unspecified atom stereocenters. The number of halogens is 7. The SMILES string of the molecule is CN(C)[C@@H]1CCN(C(=O)Cc2cccc(F)c2)[C@H]1Cc1cccnc1.O=C(O)C(F)(F)F.O=C(O)C(F)(F)F. The Balaban J connectivity index is 0.000000449. The van der Waals surface area contributed by atoms with Crippen LogP contribution in [0.15, 0.2) is 48.8 Å². The number of nitrogens with zero attached hydrogens (tertiary/aromatic N) is 3. The second-order valence-electron chi connectivity index (χ2n) is 8.45. The molecular weight excluding hydrogens is 543 g/mol. The lowest BCUT2D eigenvalue weighted by Gasteiger charge is -2.31. The number of hydrogen-bond acceptors (Lipinski definition) is 5. The Bertz CT molecular complexity index is 1070. The molecule has 1 aromatic carbocycles. The van der Waals surface area contributed by atoms with Crippen LogP contribution in [-0.4, -0.2) is 87.9 Å². The van der Waals surface area contributed by atoms with Crippen LogP contribution in [0.5, 0.6) is 0 Å². The second kappa shape index (κ2) is 14.4. The highest BCUT2D eigenvalue weighted by molar-refractivity contribution is 5.79. The fraction of sp³-hybridized carbons (Fsp3) is 0.417. The highest BCUT2D eigenvalue weighted by Gasteiger charge is 2.39. The number of aromatic nitrogens is 1. The molecule has 0 spiro atoms. The summed E-state index contributed by atoms with van der Waals surface area (Å²) in [4.78, 5) is 39.0. The number of benzene rings is 1. The summed E-state index contributed by atoms with van der Waals surface area (Å²) < 4.78 is 76.9. The van der Waals surface area contributed by atoms with Gasteiger partial charge in [0, 0.05) is 25.0 Å². The summed E-state index contributed by atoms with van der Waals surface area (Å²) in [5.41, 5.74) is 1.85. The van der Waals surface area contributed by atoms with Gasteiger partial charge in [-0.15, -0.1) is 0 Å². The molecule has 1 fully saturated rings. The third-order valence-corrected chi connectivity index (χ3v) is 5.39. The number of hydrogen-bond donors (Lipinski definition) is 2. The van der Waals surface area contributed by atoms with Crippen LogP contribution in [-0.2, 0) is 27.2 Å². The van der Waals surface area contributed by atoms with Gasteiger partial charge in [0.05, 0.1) is 12.5 Å². The maximum Gasteiger partial charge on any atom is 0.490 e. The van der Waals surface area contributed by atoms with Gasteiger partial charge in [-0.3, -0.25) is 9.78 Å². The number of aliphatic carboxylic acids is 2. The summed E-state index contributed by atoms with van der Waals surface area (Å²) in [5.74, 6) is -5.76. The van der Waals surface area contributed by atoms with Crippen LogP contribution in [0.4, 0.5) is 30.7 Å².